The summed E-state index contributed by atoms with van der Waals surface area (Å²) in [4.78, 5) is 14.2. The quantitative estimate of drug-likeness (QED) is 0.850. The number of carbonyl (C=O) groups excluding carboxylic acids is 1. The minimum Gasteiger partial charge on any atom is -0.331 e. The summed E-state index contributed by atoms with van der Waals surface area (Å²) in [5, 5.41) is 4.61. The summed E-state index contributed by atoms with van der Waals surface area (Å²) in [5.74, 6) is 0.129. The molecule has 0 N–H and O–H groups in total. The topological polar surface area (TPSA) is 38.1 Å². The summed E-state index contributed by atoms with van der Waals surface area (Å²) >= 11 is 0. The predicted octanol–water partition coefficient (Wildman–Crippen LogP) is 2.56. The van der Waals surface area contributed by atoms with Crippen molar-refractivity contribution >= 4 is 5.91 Å². The second kappa shape index (κ2) is 4.69. The van der Waals surface area contributed by atoms with E-state index in [-0.39, 0.29) is 11.7 Å². The first-order valence-electron chi connectivity index (χ1n) is 7.32. The number of amides is 1. The fraction of sp³-hybridized carbons (Fsp3) is 0.375. The monoisotopic (exact) mass is 285 g/mol. The van der Waals surface area contributed by atoms with E-state index in [2.05, 4.69) is 11.2 Å². The van der Waals surface area contributed by atoms with Crippen molar-refractivity contribution in [2.75, 3.05) is 6.54 Å². The van der Waals surface area contributed by atoms with Crippen LogP contribution in [-0.2, 0) is 13.1 Å². The molecule has 21 heavy (non-hydrogen) atoms. The van der Waals surface area contributed by atoms with E-state index in [1.54, 1.807) is 17.0 Å². The molecular weight excluding hydrogens is 269 g/mol. The SMILES string of the molecule is O=C(c1cccc(F)c1)N1CCn2nc(C3CC3)cc2C1. The van der Waals surface area contributed by atoms with Crippen LogP contribution in [-0.4, -0.2) is 27.1 Å². The lowest BCUT2D eigenvalue weighted by Crippen LogP contribution is -2.38. The highest BCUT2D eigenvalue weighted by atomic mass is 19.1. The Bertz CT molecular complexity index is 705. The van der Waals surface area contributed by atoms with Crippen molar-refractivity contribution in [2.24, 2.45) is 0 Å². The van der Waals surface area contributed by atoms with Gasteiger partial charge in [-0.15, -0.1) is 0 Å². The highest BCUT2D eigenvalue weighted by molar-refractivity contribution is 5.94. The molecule has 5 heteroatoms. The first-order chi connectivity index (χ1) is 10.2. The molecule has 1 saturated carbocycles. The van der Waals surface area contributed by atoms with Crippen LogP contribution in [0.15, 0.2) is 30.3 Å². The van der Waals surface area contributed by atoms with Crippen molar-refractivity contribution in [1.82, 2.24) is 14.7 Å². The van der Waals surface area contributed by atoms with Crippen LogP contribution in [0.2, 0.25) is 0 Å². The first kappa shape index (κ1) is 12.6. The molecule has 0 saturated heterocycles. The van der Waals surface area contributed by atoms with Gasteiger partial charge >= 0.3 is 0 Å². The standard InChI is InChI=1S/C16H16FN3O/c17-13-3-1-2-12(8-13)16(21)19-6-7-20-14(10-19)9-15(18-20)11-4-5-11/h1-3,8-9,11H,4-7,10H2. The van der Waals surface area contributed by atoms with Crippen molar-refractivity contribution in [3.63, 3.8) is 0 Å². The average Bonchev–Trinajstić information content (AvgIpc) is 3.25. The molecule has 1 aliphatic heterocycles. The Morgan fingerprint density at radius 3 is 2.86 bits per heavy atom. The zero-order valence-electron chi connectivity index (χ0n) is 11.6. The Morgan fingerprint density at radius 2 is 2.10 bits per heavy atom. The molecule has 0 atom stereocenters. The number of fused-ring (bicyclic) bond motifs is 1. The van der Waals surface area contributed by atoms with Gasteiger partial charge in [-0.25, -0.2) is 4.39 Å². The van der Waals surface area contributed by atoms with Crippen LogP contribution in [0.3, 0.4) is 0 Å². The van der Waals surface area contributed by atoms with Crippen molar-refractivity contribution in [3.05, 3.63) is 53.1 Å². The molecule has 0 bridgehead atoms. The van der Waals surface area contributed by atoms with Crippen LogP contribution in [0.4, 0.5) is 4.39 Å². The number of halogens is 1. The van der Waals surface area contributed by atoms with Gasteiger partial charge in [0.15, 0.2) is 0 Å². The van der Waals surface area contributed by atoms with Gasteiger partial charge in [0.2, 0.25) is 0 Å². The fourth-order valence-corrected chi connectivity index (χ4v) is 2.84. The van der Waals surface area contributed by atoms with Gasteiger partial charge in [0.25, 0.3) is 5.91 Å². The lowest BCUT2D eigenvalue weighted by molar-refractivity contribution is 0.0705. The van der Waals surface area contributed by atoms with Crippen LogP contribution in [0.1, 0.15) is 40.5 Å². The van der Waals surface area contributed by atoms with Gasteiger partial charge in [0.05, 0.1) is 24.5 Å². The molecule has 2 aromatic rings. The number of aromatic nitrogens is 2. The van der Waals surface area contributed by atoms with Gasteiger partial charge in [-0.1, -0.05) is 6.07 Å². The molecule has 108 valence electrons. The number of benzene rings is 1. The van der Waals surface area contributed by atoms with E-state index in [1.807, 2.05) is 4.68 Å². The van der Waals surface area contributed by atoms with E-state index in [4.69, 9.17) is 0 Å². The molecule has 0 unspecified atom stereocenters. The van der Waals surface area contributed by atoms with Gasteiger partial charge in [0.1, 0.15) is 5.82 Å². The van der Waals surface area contributed by atoms with Crippen molar-refractivity contribution in [1.29, 1.82) is 0 Å². The van der Waals surface area contributed by atoms with Gasteiger partial charge in [0, 0.05) is 18.0 Å². The second-order valence-electron chi connectivity index (χ2n) is 5.80. The minimum absolute atomic E-state index is 0.116. The Kier molecular flexibility index (Phi) is 2.80. The van der Waals surface area contributed by atoms with Crippen LogP contribution >= 0.6 is 0 Å². The molecule has 4 rings (SSSR count). The normalized spacial score (nSPS) is 17.7. The summed E-state index contributed by atoms with van der Waals surface area (Å²) in [7, 11) is 0. The van der Waals surface area contributed by atoms with Gasteiger partial charge in [-0.2, -0.15) is 5.10 Å². The van der Waals surface area contributed by atoms with Crippen molar-refractivity contribution in [2.45, 2.75) is 31.8 Å². The molecule has 1 amide bonds. The first-order valence-corrected chi connectivity index (χ1v) is 7.32. The molecule has 2 aliphatic rings. The van der Waals surface area contributed by atoms with Crippen LogP contribution < -0.4 is 0 Å². The van der Waals surface area contributed by atoms with Crippen molar-refractivity contribution < 1.29 is 9.18 Å². The Balaban J connectivity index is 1.55. The maximum absolute atomic E-state index is 13.2. The molecule has 1 fully saturated rings. The lowest BCUT2D eigenvalue weighted by atomic mass is 10.1. The summed E-state index contributed by atoms with van der Waals surface area (Å²) in [5.41, 5.74) is 2.64. The number of nitrogens with zero attached hydrogens (tertiary/aromatic N) is 3. The summed E-state index contributed by atoms with van der Waals surface area (Å²) in [6.45, 7) is 1.88. The minimum atomic E-state index is -0.376. The zero-order valence-corrected chi connectivity index (χ0v) is 11.6. The fourth-order valence-electron chi connectivity index (χ4n) is 2.84. The molecule has 0 spiro atoms. The number of carbonyl (C=O) groups is 1. The smallest absolute Gasteiger partial charge is 0.254 e. The highest BCUT2D eigenvalue weighted by Gasteiger charge is 2.29. The molecule has 1 aromatic heterocycles. The maximum atomic E-state index is 13.2. The van der Waals surface area contributed by atoms with E-state index in [0.29, 0.717) is 31.1 Å². The van der Waals surface area contributed by atoms with Crippen molar-refractivity contribution in [3.8, 4) is 0 Å². The summed E-state index contributed by atoms with van der Waals surface area (Å²) < 4.78 is 15.3. The summed E-state index contributed by atoms with van der Waals surface area (Å²) in [6, 6.07) is 7.99. The lowest BCUT2D eigenvalue weighted by Gasteiger charge is -2.27. The third-order valence-corrected chi connectivity index (χ3v) is 4.17. The molecular formula is C16H16FN3O. The highest BCUT2D eigenvalue weighted by Crippen LogP contribution is 2.39. The molecule has 1 aromatic carbocycles. The molecule has 0 radical (unpaired) electrons. The summed E-state index contributed by atoms with van der Waals surface area (Å²) in [6.07, 6.45) is 2.45. The van der Waals surface area contributed by atoms with E-state index in [9.17, 15) is 9.18 Å². The average molecular weight is 285 g/mol. The number of rotatable bonds is 2. The van der Waals surface area contributed by atoms with Gasteiger partial charge in [-0.3, -0.25) is 9.48 Å². The van der Waals surface area contributed by atoms with E-state index in [0.717, 1.165) is 11.4 Å². The Labute approximate surface area is 122 Å². The number of hydrogen-bond donors (Lipinski definition) is 0. The number of hydrogen-bond acceptors (Lipinski definition) is 2. The second-order valence-corrected chi connectivity index (χ2v) is 5.80. The Hall–Kier alpha value is -2.17. The van der Waals surface area contributed by atoms with Gasteiger partial charge < -0.3 is 4.90 Å². The third kappa shape index (κ3) is 2.33. The molecule has 2 heterocycles. The Morgan fingerprint density at radius 1 is 1.24 bits per heavy atom. The van der Waals surface area contributed by atoms with E-state index < -0.39 is 0 Å². The van der Waals surface area contributed by atoms with E-state index >= 15 is 0 Å². The molecule has 4 nitrogen and oxygen atoms in total. The molecule has 1 aliphatic carbocycles. The van der Waals surface area contributed by atoms with Crippen LogP contribution in [0.25, 0.3) is 0 Å². The van der Waals surface area contributed by atoms with Crippen LogP contribution in [0.5, 0.6) is 0 Å². The zero-order chi connectivity index (χ0) is 14.4. The predicted molar refractivity (Wildman–Crippen MR) is 75.3 cm³/mol. The van der Waals surface area contributed by atoms with E-state index in [1.165, 1.54) is 25.0 Å². The maximum Gasteiger partial charge on any atom is 0.254 e. The largest absolute Gasteiger partial charge is 0.331 e. The third-order valence-electron chi connectivity index (χ3n) is 4.17. The van der Waals surface area contributed by atoms with Gasteiger partial charge in [-0.05, 0) is 37.1 Å². The van der Waals surface area contributed by atoms with Crippen LogP contribution in [0, 0.1) is 5.82 Å².